The summed E-state index contributed by atoms with van der Waals surface area (Å²) in [5.41, 5.74) is 1.67. The minimum absolute atomic E-state index is 0.118. The molecule has 0 spiro atoms. The molecule has 0 saturated carbocycles. The van der Waals surface area contributed by atoms with Crippen molar-refractivity contribution in [2.75, 3.05) is 6.61 Å². The van der Waals surface area contributed by atoms with Crippen LogP contribution >= 0.6 is 0 Å². The van der Waals surface area contributed by atoms with Crippen molar-refractivity contribution in [2.45, 2.75) is 13.3 Å². The predicted molar refractivity (Wildman–Crippen MR) is 54.7 cm³/mol. The van der Waals surface area contributed by atoms with Crippen molar-refractivity contribution in [3.05, 3.63) is 29.3 Å². The van der Waals surface area contributed by atoms with Gasteiger partial charge in [0.15, 0.2) is 5.78 Å². The molecule has 15 heavy (non-hydrogen) atoms. The van der Waals surface area contributed by atoms with Gasteiger partial charge >= 0.3 is 0 Å². The van der Waals surface area contributed by atoms with E-state index in [0.717, 1.165) is 17.7 Å². The fraction of sp³-hybridized carbons (Fsp3) is 0.333. The number of carbonyl (C=O) groups excluding carboxylic acids is 1. The molecule has 0 aliphatic carbocycles. The van der Waals surface area contributed by atoms with Crippen molar-refractivity contribution in [1.82, 2.24) is 0 Å². The van der Waals surface area contributed by atoms with Crippen LogP contribution in [0, 0.1) is 17.2 Å². The second kappa shape index (κ2) is 3.74. The van der Waals surface area contributed by atoms with Gasteiger partial charge in [0, 0.05) is 12.0 Å². The Hall–Kier alpha value is -1.82. The van der Waals surface area contributed by atoms with Gasteiger partial charge in [-0.15, -0.1) is 0 Å². The van der Waals surface area contributed by atoms with Crippen LogP contribution in [0.3, 0.4) is 0 Å². The smallest absolute Gasteiger partial charge is 0.179 e. The number of nitriles is 1. The maximum Gasteiger partial charge on any atom is 0.179 e. The quantitative estimate of drug-likeness (QED) is 0.687. The number of benzene rings is 1. The molecule has 1 aromatic rings. The summed E-state index contributed by atoms with van der Waals surface area (Å²) >= 11 is 0. The maximum absolute atomic E-state index is 11.7. The third-order valence-corrected chi connectivity index (χ3v) is 2.56. The molecule has 0 N–H and O–H groups in total. The lowest BCUT2D eigenvalue weighted by Crippen LogP contribution is -2.09. The molecule has 0 aromatic heterocycles. The van der Waals surface area contributed by atoms with Gasteiger partial charge in [-0.05, 0) is 30.7 Å². The van der Waals surface area contributed by atoms with E-state index in [1.54, 1.807) is 19.1 Å². The first-order valence-corrected chi connectivity index (χ1v) is 4.92. The first-order chi connectivity index (χ1) is 7.22. The maximum atomic E-state index is 11.7. The zero-order chi connectivity index (χ0) is 10.8. The Kier molecular flexibility index (Phi) is 2.42. The number of fused-ring (bicyclic) bond motifs is 1. The molecule has 1 aromatic carbocycles. The average Bonchev–Trinajstić information content (AvgIpc) is 2.73. The number of ketones is 1. The van der Waals surface area contributed by atoms with Crippen molar-refractivity contribution in [2.24, 2.45) is 5.92 Å². The highest BCUT2D eigenvalue weighted by molar-refractivity contribution is 5.99. The van der Waals surface area contributed by atoms with Crippen LogP contribution in [-0.2, 0) is 6.42 Å². The van der Waals surface area contributed by atoms with Gasteiger partial charge < -0.3 is 4.74 Å². The molecule has 0 fully saturated rings. The van der Waals surface area contributed by atoms with Crippen LogP contribution in [0.5, 0.6) is 5.75 Å². The fourth-order valence-corrected chi connectivity index (χ4v) is 1.65. The first kappa shape index (κ1) is 9.72. The Morgan fingerprint density at radius 3 is 3.13 bits per heavy atom. The highest BCUT2D eigenvalue weighted by atomic mass is 16.5. The molecular weight excluding hydrogens is 190 g/mol. The Bertz CT molecular complexity index is 445. The van der Waals surface area contributed by atoms with Gasteiger partial charge in [0.1, 0.15) is 11.7 Å². The number of rotatable bonds is 2. The highest BCUT2D eigenvalue weighted by Crippen LogP contribution is 2.26. The lowest BCUT2D eigenvalue weighted by atomic mass is 9.98. The standard InChI is InChI=1S/C12H11NO2/c1-8(7-13)12(14)10-2-3-11-9(6-10)4-5-15-11/h2-3,6,8H,4-5H2,1H3. The predicted octanol–water partition coefficient (Wildman–Crippen LogP) is 1.96. The van der Waals surface area contributed by atoms with Gasteiger partial charge in [-0.3, -0.25) is 4.79 Å². The van der Waals surface area contributed by atoms with Gasteiger partial charge in [-0.1, -0.05) is 0 Å². The summed E-state index contributed by atoms with van der Waals surface area (Å²) in [5.74, 6) is 0.161. The Labute approximate surface area is 88.3 Å². The van der Waals surface area contributed by atoms with E-state index in [4.69, 9.17) is 10.00 Å². The monoisotopic (exact) mass is 201 g/mol. The molecule has 3 heteroatoms. The van der Waals surface area contributed by atoms with Crippen LogP contribution in [-0.4, -0.2) is 12.4 Å². The van der Waals surface area contributed by atoms with E-state index < -0.39 is 5.92 Å². The summed E-state index contributed by atoms with van der Waals surface area (Å²) in [6, 6.07) is 7.31. The molecule has 3 nitrogen and oxygen atoms in total. The topological polar surface area (TPSA) is 50.1 Å². The Balaban J connectivity index is 2.31. The van der Waals surface area contributed by atoms with Gasteiger partial charge in [-0.25, -0.2) is 0 Å². The number of ether oxygens (including phenoxy) is 1. The Morgan fingerprint density at radius 1 is 1.60 bits per heavy atom. The number of hydrogen-bond acceptors (Lipinski definition) is 3. The van der Waals surface area contributed by atoms with Crippen LogP contribution in [0.15, 0.2) is 18.2 Å². The summed E-state index contributed by atoms with van der Waals surface area (Å²) in [6.07, 6.45) is 0.845. The largest absolute Gasteiger partial charge is 0.493 e. The van der Waals surface area contributed by atoms with E-state index in [0.29, 0.717) is 12.2 Å². The van der Waals surface area contributed by atoms with Crippen molar-refractivity contribution in [3.63, 3.8) is 0 Å². The van der Waals surface area contributed by atoms with Crippen LogP contribution < -0.4 is 4.74 Å². The SMILES string of the molecule is CC(C#N)C(=O)c1ccc2c(c1)CCO2. The van der Waals surface area contributed by atoms with E-state index >= 15 is 0 Å². The van der Waals surface area contributed by atoms with Crippen LogP contribution in [0.25, 0.3) is 0 Å². The lowest BCUT2D eigenvalue weighted by molar-refractivity contribution is 0.0956. The molecule has 1 unspecified atom stereocenters. The summed E-state index contributed by atoms with van der Waals surface area (Å²) in [7, 11) is 0. The molecule has 1 aliphatic rings. The van der Waals surface area contributed by atoms with E-state index in [2.05, 4.69) is 0 Å². The van der Waals surface area contributed by atoms with Crippen molar-refractivity contribution >= 4 is 5.78 Å². The summed E-state index contributed by atoms with van der Waals surface area (Å²) in [4.78, 5) is 11.7. The van der Waals surface area contributed by atoms with E-state index in [1.807, 2.05) is 12.1 Å². The molecule has 0 amide bonds. The third-order valence-electron chi connectivity index (χ3n) is 2.56. The number of nitrogens with zero attached hydrogens (tertiary/aromatic N) is 1. The molecule has 0 bridgehead atoms. The molecule has 0 saturated heterocycles. The van der Waals surface area contributed by atoms with Crippen LogP contribution in [0.4, 0.5) is 0 Å². The lowest BCUT2D eigenvalue weighted by Gasteiger charge is -2.04. The summed E-state index contributed by atoms with van der Waals surface area (Å²) < 4.78 is 5.34. The zero-order valence-electron chi connectivity index (χ0n) is 8.49. The molecule has 1 atom stereocenters. The number of carbonyl (C=O) groups is 1. The third kappa shape index (κ3) is 1.71. The minimum Gasteiger partial charge on any atom is -0.493 e. The van der Waals surface area contributed by atoms with E-state index in [9.17, 15) is 4.79 Å². The molecule has 0 radical (unpaired) electrons. The Morgan fingerprint density at radius 2 is 2.40 bits per heavy atom. The zero-order valence-corrected chi connectivity index (χ0v) is 8.49. The summed E-state index contributed by atoms with van der Waals surface area (Å²) in [5, 5.41) is 8.66. The summed E-state index contributed by atoms with van der Waals surface area (Å²) in [6.45, 7) is 2.30. The molecule has 1 aliphatic heterocycles. The highest BCUT2D eigenvalue weighted by Gasteiger charge is 2.18. The second-order valence-corrected chi connectivity index (χ2v) is 3.64. The number of hydrogen-bond donors (Lipinski definition) is 0. The van der Waals surface area contributed by atoms with Crippen molar-refractivity contribution < 1.29 is 9.53 Å². The molecule has 2 rings (SSSR count). The van der Waals surface area contributed by atoms with Gasteiger partial charge in [-0.2, -0.15) is 5.26 Å². The normalized spacial score (nSPS) is 14.9. The van der Waals surface area contributed by atoms with Gasteiger partial charge in [0.05, 0.1) is 12.7 Å². The van der Waals surface area contributed by atoms with E-state index in [-0.39, 0.29) is 5.78 Å². The van der Waals surface area contributed by atoms with Crippen molar-refractivity contribution in [3.8, 4) is 11.8 Å². The van der Waals surface area contributed by atoms with Gasteiger partial charge in [0.25, 0.3) is 0 Å². The van der Waals surface area contributed by atoms with E-state index in [1.165, 1.54) is 0 Å². The molecular formula is C12H11NO2. The fourth-order valence-electron chi connectivity index (χ4n) is 1.65. The van der Waals surface area contributed by atoms with Crippen molar-refractivity contribution in [1.29, 1.82) is 5.26 Å². The van der Waals surface area contributed by atoms with Crippen LogP contribution in [0.2, 0.25) is 0 Å². The number of Topliss-reactive ketones (excluding diaryl/α,β-unsaturated/α-hetero) is 1. The minimum atomic E-state index is -0.578. The first-order valence-electron chi connectivity index (χ1n) is 4.92. The van der Waals surface area contributed by atoms with Gasteiger partial charge in [0.2, 0.25) is 0 Å². The molecule has 76 valence electrons. The molecule has 1 heterocycles. The van der Waals surface area contributed by atoms with Crippen LogP contribution in [0.1, 0.15) is 22.8 Å². The average molecular weight is 201 g/mol. The second-order valence-electron chi connectivity index (χ2n) is 3.64.